The van der Waals surface area contributed by atoms with Crippen LogP contribution in [0.15, 0.2) is 60.7 Å². The van der Waals surface area contributed by atoms with Crippen molar-refractivity contribution in [3.8, 4) is 28.7 Å². The second-order valence-electron chi connectivity index (χ2n) is 8.52. The van der Waals surface area contributed by atoms with E-state index in [1.54, 1.807) is 57.7 Å². The maximum absolute atomic E-state index is 13.9. The molecule has 0 bridgehead atoms. The van der Waals surface area contributed by atoms with Crippen LogP contribution in [0.2, 0.25) is 0 Å². The van der Waals surface area contributed by atoms with Gasteiger partial charge in [0.05, 0.1) is 28.4 Å². The molecule has 1 aliphatic rings. The number of carbonyl (C=O) groups excluding carboxylic acids is 1. The highest BCUT2D eigenvalue weighted by atomic mass is 16.5. The molecule has 1 N–H and O–H groups in total. The Morgan fingerprint density at radius 2 is 1.41 bits per heavy atom. The van der Waals surface area contributed by atoms with E-state index in [2.05, 4.69) is 17.0 Å². The molecule has 3 aromatic rings. The number of benzene rings is 3. The van der Waals surface area contributed by atoms with Crippen LogP contribution < -0.4 is 23.8 Å². The summed E-state index contributed by atoms with van der Waals surface area (Å²) in [5, 5.41) is 10.5. The number of ether oxygens (including phenoxy) is 4. The molecule has 0 unspecified atom stereocenters. The molecule has 1 saturated heterocycles. The molecule has 0 spiro atoms. The van der Waals surface area contributed by atoms with Gasteiger partial charge in [0.25, 0.3) is 5.91 Å². The third kappa shape index (κ3) is 5.58. The quantitative estimate of drug-likeness (QED) is 0.362. The Kier molecular flexibility index (Phi) is 8.08. The largest absolute Gasteiger partial charge is 0.504 e. The third-order valence-corrected chi connectivity index (χ3v) is 6.41. The predicted molar refractivity (Wildman–Crippen MR) is 144 cm³/mol. The molecule has 0 radical (unpaired) electrons. The van der Waals surface area contributed by atoms with Gasteiger partial charge >= 0.3 is 0 Å². The van der Waals surface area contributed by atoms with Crippen molar-refractivity contribution in [3.63, 3.8) is 0 Å². The average Bonchev–Trinajstić information content (AvgIpc) is 2.95. The fourth-order valence-corrected chi connectivity index (χ4v) is 4.45. The van der Waals surface area contributed by atoms with E-state index in [-0.39, 0.29) is 11.7 Å². The molecule has 1 aliphatic heterocycles. The summed E-state index contributed by atoms with van der Waals surface area (Å²) in [6.07, 6.45) is 1.78. The Balaban J connectivity index is 1.70. The third-order valence-electron chi connectivity index (χ3n) is 6.41. The highest BCUT2D eigenvalue weighted by molar-refractivity contribution is 6.24. The second-order valence-corrected chi connectivity index (χ2v) is 8.52. The van der Waals surface area contributed by atoms with Gasteiger partial charge in [-0.25, -0.2) is 0 Å². The van der Waals surface area contributed by atoms with Crippen molar-refractivity contribution in [2.45, 2.75) is 0 Å². The first-order valence-corrected chi connectivity index (χ1v) is 12.0. The van der Waals surface area contributed by atoms with E-state index in [0.29, 0.717) is 52.8 Å². The summed E-state index contributed by atoms with van der Waals surface area (Å²) in [5.74, 6) is 1.58. The molecular formula is C29H32N2O6. The number of methoxy groups -OCH3 is 4. The van der Waals surface area contributed by atoms with Crippen LogP contribution in [0.25, 0.3) is 11.6 Å². The standard InChI is InChI=1S/C29H32N2O6/c1-34-25-11-10-21(19-24(25)32)23(16-20-17-26(35-2)28(37-4)27(18-20)36-3)29(33)31-14-12-30(13-15-31)22-8-6-5-7-9-22/h5-11,16-19,32H,12-15H2,1-4H3/b23-16+. The van der Waals surface area contributed by atoms with Crippen LogP contribution in [0.5, 0.6) is 28.7 Å². The Bertz CT molecular complexity index is 1240. The number of hydrogen-bond donors (Lipinski definition) is 1. The van der Waals surface area contributed by atoms with Crippen LogP contribution in [-0.4, -0.2) is 70.5 Å². The Labute approximate surface area is 217 Å². The van der Waals surface area contributed by atoms with Gasteiger partial charge < -0.3 is 33.9 Å². The zero-order valence-corrected chi connectivity index (χ0v) is 21.6. The zero-order valence-electron chi connectivity index (χ0n) is 21.6. The van der Waals surface area contributed by atoms with E-state index < -0.39 is 0 Å². The molecule has 0 atom stereocenters. The van der Waals surface area contributed by atoms with Crippen molar-refractivity contribution < 1.29 is 28.8 Å². The number of para-hydroxylation sites is 1. The maximum Gasteiger partial charge on any atom is 0.254 e. The molecule has 0 aliphatic carbocycles. The number of nitrogens with zero attached hydrogens (tertiary/aromatic N) is 2. The molecule has 8 nitrogen and oxygen atoms in total. The van der Waals surface area contributed by atoms with Crippen molar-refractivity contribution in [3.05, 3.63) is 71.8 Å². The fourth-order valence-electron chi connectivity index (χ4n) is 4.45. The van der Waals surface area contributed by atoms with E-state index in [4.69, 9.17) is 18.9 Å². The number of piperazine rings is 1. The van der Waals surface area contributed by atoms with Gasteiger partial charge in [0.1, 0.15) is 0 Å². The number of phenols is 1. The Morgan fingerprint density at radius 3 is 1.95 bits per heavy atom. The number of rotatable bonds is 8. The van der Waals surface area contributed by atoms with Crippen LogP contribution >= 0.6 is 0 Å². The van der Waals surface area contributed by atoms with Gasteiger partial charge in [0.15, 0.2) is 23.0 Å². The van der Waals surface area contributed by atoms with Crippen LogP contribution in [0.4, 0.5) is 5.69 Å². The minimum absolute atomic E-state index is 0.0440. The highest BCUT2D eigenvalue weighted by Gasteiger charge is 2.25. The van der Waals surface area contributed by atoms with E-state index in [9.17, 15) is 9.90 Å². The molecule has 0 saturated carbocycles. The fraction of sp³-hybridized carbons (Fsp3) is 0.276. The van der Waals surface area contributed by atoms with Crippen molar-refractivity contribution in [1.29, 1.82) is 0 Å². The lowest BCUT2D eigenvalue weighted by molar-refractivity contribution is -0.125. The summed E-state index contributed by atoms with van der Waals surface area (Å²) in [6.45, 7) is 2.59. The smallest absolute Gasteiger partial charge is 0.254 e. The van der Waals surface area contributed by atoms with Gasteiger partial charge in [-0.05, 0) is 53.6 Å². The van der Waals surface area contributed by atoms with Crippen LogP contribution in [0, 0.1) is 0 Å². The highest BCUT2D eigenvalue weighted by Crippen LogP contribution is 2.39. The van der Waals surface area contributed by atoms with Gasteiger partial charge in [0, 0.05) is 37.4 Å². The number of anilines is 1. The molecule has 0 aromatic heterocycles. The van der Waals surface area contributed by atoms with Crippen molar-refractivity contribution in [2.24, 2.45) is 0 Å². The normalized spacial score (nSPS) is 13.8. The lowest BCUT2D eigenvalue weighted by atomic mass is 9.99. The minimum atomic E-state index is -0.133. The number of hydrogen-bond acceptors (Lipinski definition) is 7. The zero-order chi connectivity index (χ0) is 26.4. The first-order chi connectivity index (χ1) is 18.0. The summed E-state index contributed by atoms with van der Waals surface area (Å²) in [6, 6.07) is 18.7. The second kappa shape index (κ2) is 11.6. The molecule has 194 valence electrons. The molecule has 3 aromatic carbocycles. The molecule has 8 heteroatoms. The number of amides is 1. The van der Waals surface area contributed by atoms with Gasteiger partial charge in [-0.15, -0.1) is 0 Å². The first-order valence-electron chi connectivity index (χ1n) is 12.0. The molecule has 37 heavy (non-hydrogen) atoms. The average molecular weight is 505 g/mol. The van der Waals surface area contributed by atoms with Crippen LogP contribution in [-0.2, 0) is 4.79 Å². The maximum atomic E-state index is 13.9. The summed E-state index contributed by atoms with van der Waals surface area (Å²) in [7, 11) is 6.12. The number of aromatic hydroxyl groups is 1. The monoisotopic (exact) mass is 504 g/mol. The number of phenolic OH excluding ortho intramolecular Hbond substituents is 1. The predicted octanol–water partition coefficient (Wildman–Crippen LogP) is 4.32. The van der Waals surface area contributed by atoms with Gasteiger partial charge in [-0.2, -0.15) is 0 Å². The molecule has 1 fully saturated rings. The SMILES string of the molecule is COc1ccc(/C(=C\c2cc(OC)c(OC)c(OC)c2)C(=O)N2CCN(c3ccccc3)CC2)cc1O. The van der Waals surface area contributed by atoms with Crippen molar-refractivity contribution in [1.82, 2.24) is 4.90 Å². The van der Waals surface area contributed by atoms with Crippen LogP contribution in [0.1, 0.15) is 11.1 Å². The van der Waals surface area contributed by atoms with Gasteiger partial charge in [-0.1, -0.05) is 24.3 Å². The van der Waals surface area contributed by atoms with E-state index in [1.165, 1.54) is 7.11 Å². The number of carbonyl (C=O) groups is 1. The first kappa shape index (κ1) is 25.8. The van der Waals surface area contributed by atoms with Crippen molar-refractivity contribution >= 4 is 23.2 Å². The summed E-state index contributed by atoms with van der Waals surface area (Å²) in [4.78, 5) is 18.0. The molecule has 1 heterocycles. The van der Waals surface area contributed by atoms with Crippen LogP contribution in [0.3, 0.4) is 0 Å². The van der Waals surface area contributed by atoms with E-state index >= 15 is 0 Å². The lowest BCUT2D eigenvalue weighted by Gasteiger charge is -2.36. The van der Waals surface area contributed by atoms with Gasteiger partial charge in [0.2, 0.25) is 5.75 Å². The summed E-state index contributed by atoms with van der Waals surface area (Å²) < 4.78 is 21.6. The lowest BCUT2D eigenvalue weighted by Crippen LogP contribution is -2.49. The molecule has 4 rings (SSSR count). The topological polar surface area (TPSA) is 80.7 Å². The molecular weight excluding hydrogens is 472 g/mol. The molecule has 1 amide bonds. The van der Waals surface area contributed by atoms with Gasteiger partial charge in [-0.3, -0.25) is 4.79 Å². The summed E-state index contributed by atoms with van der Waals surface area (Å²) >= 11 is 0. The van der Waals surface area contributed by atoms with E-state index in [1.807, 2.05) is 23.1 Å². The Hall–Kier alpha value is -4.33. The van der Waals surface area contributed by atoms with E-state index in [0.717, 1.165) is 18.8 Å². The Morgan fingerprint density at radius 1 is 0.784 bits per heavy atom. The summed E-state index contributed by atoms with van der Waals surface area (Å²) in [5.41, 5.74) is 2.84. The van der Waals surface area contributed by atoms with Crippen molar-refractivity contribution in [2.75, 3.05) is 59.5 Å². The minimum Gasteiger partial charge on any atom is -0.504 e.